The van der Waals surface area contributed by atoms with Gasteiger partial charge in [0, 0.05) is 17.3 Å². The van der Waals surface area contributed by atoms with Crippen molar-refractivity contribution in [3.8, 4) is 0 Å². The molecule has 3 heterocycles. The Bertz CT molecular complexity index is 1190. The molecule has 2 aliphatic heterocycles. The number of nitrogens with one attached hydrogen (secondary N) is 1. The second-order valence-corrected chi connectivity index (χ2v) is 10.2. The minimum Gasteiger partial charge on any atom is -0.477 e. The maximum Gasteiger partial charge on any atom is 0.352 e. The third kappa shape index (κ3) is 6.23. The average molecular weight is 558 g/mol. The number of halogens is 1. The number of anilines is 1. The lowest BCUT2D eigenvalue weighted by Gasteiger charge is -2.49. The first-order chi connectivity index (χ1) is 17.5. The van der Waals surface area contributed by atoms with Crippen LogP contribution >= 0.6 is 23.3 Å². The third-order valence-corrected chi connectivity index (χ3v) is 7.57. The molecule has 17 heteroatoms. The lowest BCUT2D eigenvalue weighted by Crippen LogP contribution is -2.71. The van der Waals surface area contributed by atoms with Crippen molar-refractivity contribution < 1.29 is 38.0 Å². The van der Waals surface area contributed by atoms with E-state index in [0.29, 0.717) is 23.1 Å². The van der Waals surface area contributed by atoms with Crippen molar-refractivity contribution >= 4 is 57.8 Å². The van der Waals surface area contributed by atoms with Crippen LogP contribution in [-0.4, -0.2) is 104 Å². The normalized spacial score (nSPS) is 21.3. The first-order valence-corrected chi connectivity index (χ1v) is 12.7. The van der Waals surface area contributed by atoms with Gasteiger partial charge >= 0.3 is 5.97 Å². The van der Waals surface area contributed by atoms with E-state index in [1.165, 1.54) is 11.8 Å². The van der Waals surface area contributed by atoms with E-state index >= 15 is 0 Å². The Kier molecular flexibility index (Phi) is 8.82. The van der Waals surface area contributed by atoms with Crippen molar-refractivity contribution in [3.63, 3.8) is 0 Å². The zero-order chi connectivity index (χ0) is 27.3. The Morgan fingerprint density at radius 3 is 2.73 bits per heavy atom. The number of fused-ring (bicyclic) bond motifs is 1. The van der Waals surface area contributed by atoms with Crippen LogP contribution in [0, 0.1) is 0 Å². The zero-order valence-electron chi connectivity index (χ0n) is 19.9. The highest BCUT2D eigenvalue weighted by Crippen LogP contribution is 2.40. The fourth-order valence-electron chi connectivity index (χ4n) is 3.72. The van der Waals surface area contributed by atoms with Gasteiger partial charge in [-0.2, -0.15) is 9.36 Å². The number of allylic oxidation sites excluding steroid dienone is 1. The fourth-order valence-corrected chi connectivity index (χ4v) is 5.47. The number of amides is 3. The van der Waals surface area contributed by atoms with E-state index in [-0.39, 0.29) is 29.0 Å². The number of rotatable bonds is 12. The van der Waals surface area contributed by atoms with Crippen LogP contribution in [0.2, 0.25) is 0 Å². The van der Waals surface area contributed by atoms with Gasteiger partial charge < -0.3 is 31.2 Å². The third-order valence-electron chi connectivity index (χ3n) is 5.73. The first kappa shape index (κ1) is 28.0. The second kappa shape index (κ2) is 11.7. The molecule has 3 rings (SSSR count). The van der Waals surface area contributed by atoms with Crippen LogP contribution in [0.15, 0.2) is 28.6 Å². The van der Waals surface area contributed by atoms with Crippen LogP contribution in [0.5, 0.6) is 0 Å². The molecule has 1 aromatic heterocycles. The summed E-state index contributed by atoms with van der Waals surface area (Å²) in [5.74, 6) is -3.26. The van der Waals surface area contributed by atoms with Gasteiger partial charge in [-0.25, -0.2) is 9.18 Å². The van der Waals surface area contributed by atoms with Crippen molar-refractivity contribution in [2.75, 3.05) is 45.0 Å². The molecule has 1 aromatic rings. The predicted molar refractivity (Wildman–Crippen MR) is 132 cm³/mol. The van der Waals surface area contributed by atoms with Gasteiger partial charge in [-0.3, -0.25) is 19.3 Å². The largest absolute Gasteiger partial charge is 0.477 e. The number of carbonyl (C=O) groups is 4. The molecule has 0 aliphatic carbocycles. The molecule has 0 saturated carbocycles. The molecule has 6 N–H and O–H groups in total. The molecule has 200 valence electrons. The fraction of sp³-hybridized carbons (Fsp3) is 0.450. The van der Waals surface area contributed by atoms with Crippen molar-refractivity contribution in [1.29, 1.82) is 0 Å². The van der Waals surface area contributed by atoms with Crippen LogP contribution in [0.4, 0.5) is 9.52 Å². The standard InChI is InChI=1S/C20H25FN8O6S2/c1-3-29(2,7-11(22)30)6-4-5-10-8-36-18-13(17(32)28(18)14(10)19(33)34)24-16(31)12(26-35-9-21)15-25-20(23)37-27-15/h4-5,13,18H,3,6-9H2,1-2H3,(H5-,22,23,24,25,27,30,31,33,34)/p+1/b5-4+,26-12+/t13-,18-,29-/m1/s1. The van der Waals surface area contributed by atoms with Gasteiger partial charge in [-0.15, -0.1) is 11.8 Å². The number of quaternary nitrogens is 1. The molecule has 0 unspecified atom stereocenters. The predicted octanol–water partition coefficient (Wildman–Crippen LogP) is -0.985. The molecular weight excluding hydrogens is 531 g/mol. The molecule has 1 fully saturated rings. The van der Waals surface area contributed by atoms with Gasteiger partial charge in [-0.1, -0.05) is 11.2 Å². The topological polar surface area (TPSA) is 203 Å². The van der Waals surface area contributed by atoms with Gasteiger partial charge in [0.2, 0.25) is 11.5 Å². The summed E-state index contributed by atoms with van der Waals surface area (Å²) in [6, 6.07) is -1.07. The number of nitrogens with zero attached hydrogens (tertiary/aromatic N) is 5. The second-order valence-electron chi connectivity index (χ2n) is 8.32. The Hall–Kier alpha value is -3.57. The summed E-state index contributed by atoms with van der Waals surface area (Å²) in [4.78, 5) is 58.4. The van der Waals surface area contributed by atoms with Crippen LogP contribution in [0.25, 0.3) is 0 Å². The summed E-state index contributed by atoms with van der Waals surface area (Å²) in [6.45, 7) is 1.78. The summed E-state index contributed by atoms with van der Waals surface area (Å²) < 4.78 is 16.7. The van der Waals surface area contributed by atoms with Crippen LogP contribution in [-0.2, 0) is 24.0 Å². The van der Waals surface area contributed by atoms with E-state index in [1.807, 2.05) is 14.0 Å². The molecule has 3 amide bonds. The molecule has 14 nitrogen and oxygen atoms in total. The number of β-lactam (4-membered cyclic amide) rings is 1. The molecule has 37 heavy (non-hydrogen) atoms. The van der Waals surface area contributed by atoms with Gasteiger partial charge in [-0.05, 0) is 18.6 Å². The molecule has 0 bridgehead atoms. The number of hydrogen-bond donors (Lipinski definition) is 4. The number of oxime groups is 1. The quantitative estimate of drug-likeness (QED) is 0.107. The van der Waals surface area contributed by atoms with Gasteiger partial charge in [0.1, 0.15) is 17.1 Å². The van der Waals surface area contributed by atoms with Crippen molar-refractivity contribution in [2.45, 2.75) is 18.3 Å². The highest BCUT2D eigenvalue weighted by atomic mass is 32.2. The van der Waals surface area contributed by atoms with Gasteiger partial charge in [0.25, 0.3) is 24.6 Å². The van der Waals surface area contributed by atoms with Crippen molar-refractivity contribution in [2.24, 2.45) is 10.9 Å². The van der Waals surface area contributed by atoms with E-state index in [2.05, 4.69) is 24.7 Å². The Labute approximate surface area is 218 Å². The lowest BCUT2D eigenvalue weighted by molar-refractivity contribution is -0.894. The maximum atomic E-state index is 12.9. The number of hydrogen-bond acceptors (Lipinski definition) is 11. The van der Waals surface area contributed by atoms with E-state index in [9.17, 15) is 28.7 Å². The van der Waals surface area contributed by atoms with Crippen LogP contribution in [0.3, 0.4) is 0 Å². The molecular formula is C20H26FN8O6S2+. The zero-order valence-corrected chi connectivity index (χ0v) is 21.6. The van der Waals surface area contributed by atoms with Crippen LogP contribution in [0.1, 0.15) is 12.7 Å². The molecule has 0 aromatic carbocycles. The number of primary amides is 1. The number of aliphatic carboxylic acids is 1. The Morgan fingerprint density at radius 2 is 2.16 bits per heavy atom. The number of nitrogen functional groups attached to an aromatic ring is 1. The Balaban J connectivity index is 1.76. The highest BCUT2D eigenvalue weighted by Gasteiger charge is 2.54. The molecule has 1 saturated heterocycles. The first-order valence-electron chi connectivity index (χ1n) is 10.9. The van der Waals surface area contributed by atoms with E-state index < -0.39 is 47.7 Å². The van der Waals surface area contributed by atoms with Crippen LogP contribution < -0.4 is 16.8 Å². The number of likely N-dealkylation sites (N-methyl/N-ethyl adjacent to an activating group) is 1. The van der Waals surface area contributed by atoms with Crippen molar-refractivity contribution in [1.82, 2.24) is 19.6 Å². The van der Waals surface area contributed by atoms with Gasteiger partial charge in [0.05, 0.1) is 20.1 Å². The number of alkyl halides is 1. The van der Waals surface area contributed by atoms with E-state index in [4.69, 9.17) is 11.5 Å². The number of carboxylic acid groups (broad SMARTS) is 1. The summed E-state index contributed by atoms with van der Waals surface area (Å²) in [5.41, 5.74) is 10.6. The lowest BCUT2D eigenvalue weighted by atomic mass is 10.0. The smallest absolute Gasteiger partial charge is 0.352 e. The summed E-state index contributed by atoms with van der Waals surface area (Å²) >= 11 is 2.04. The summed E-state index contributed by atoms with van der Waals surface area (Å²) in [6.07, 6.45) is 3.37. The number of carboxylic acids is 1. The minimum absolute atomic E-state index is 0.0361. The minimum atomic E-state index is -1.31. The van der Waals surface area contributed by atoms with E-state index in [0.717, 1.165) is 16.4 Å². The number of thioether (sulfide) groups is 1. The Morgan fingerprint density at radius 1 is 1.43 bits per heavy atom. The number of carbonyl (C=O) groups excluding carboxylic acids is 3. The van der Waals surface area contributed by atoms with Crippen molar-refractivity contribution in [3.05, 3.63) is 29.2 Å². The van der Waals surface area contributed by atoms with Gasteiger partial charge in [0.15, 0.2) is 11.7 Å². The SMILES string of the molecule is CC[N@+](C)(C/C=C/C1=C(C(=O)O)N2C(=O)[C@@H](NC(=O)/C(=N/OCF)c3nsc(N)n3)[C@H]2SC1)CC(N)=O. The maximum absolute atomic E-state index is 12.9. The summed E-state index contributed by atoms with van der Waals surface area (Å²) in [7, 11) is 1.85. The number of nitrogens with two attached hydrogens (primary N) is 2. The molecule has 0 radical (unpaired) electrons. The monoisotopic (exact) mass is 557 g/mol. The van der Waals surface area contributed by atoms with E-state index in [1.54, 1.807) is 12.2 Å². The highest BCUT2D eigenvalue weighted by molar-refractivity contribution is 8.00. The molecule has 2 aliphatic rings. The summed E-state index contributed by atoms with van der Waals surface area (Å²) in [5, 5.41) is 15.0. The molecule has 0 spiro atoms. The molecule has 3 atom stereocenters. The number of aromatic nitrogens is 2. The average Bonchev–Trinajstić information content (AvgIpc) is 3.27.